The Labute approximate surface area is 158 Å². The molecule has 0 N–H and O–H groups in total. The molecule has 9 nitrogen and oxygen atoms in total. The van der Waals surface area contributed by atoms with Gasteiger partial charge in [0, 0.05) is 5.56 Å². The second kappa shape index (κ2) is 7.39. The number of hydrogen-bond donors (Lipinski definition) is 0. The van der Waals surface area contributed by atoms with E-state index in [2.05, 4.69) is 5.10 Å². The number of ketones is 1. The minimum absolute atomic E-state index is 0.197. The molecular weight excluding hydrogens is 366 g/mol. The van der Waals surface area contributed by atoms with E-state index in [-0.39, 0.29) is 18.1 Å². The van der Waals surface area contributed by atoms with Gasteiger partial charge in [0.2, 0.25) is 0 Å². The van der Waals surface area contributed by atoms with E-state index in [1.807, 2.05) is 0 Å². The lowest BCUT2D eigenvalue weighted by Gasteiger charge is -2.18. The summed E-state index contributed by atoms with van der Waals surface area (Å²) in [4.78, 5) is 22.5. The van der Waals surface area contributed by atoms with Crippen LogP contribution in [-0.2, 0) is 6.54 Å². The molecule has 0 radical (unpaired) electrons. The van der Waals surface area contributed by atoms with Crippen LogP contribution in [0.15, 0.2) is 53.1 Å². The van der Waals surface area contributed by atoms with E-state index in [4.69, 9.17) is 13.9 Å². The lowest BCUT2D eigenvalue weighted by Crippen LogP contribution is -2.15. The summed E-state index contributed by atoms with van der Waals surface area (Å²) in [5.74, 6) is 1.81. The summed E-state index contributed by atoms with van der Waals surface area (Å²) >= 11 is 0. The molecule has 0 bridgehead atoms. The Morgan fingerprint density at radius 1 is 1.18 bits per heavy atom. The highest BCUT2D eigenvalue weighted by molar-refractivity contribution is 6.07. The lowest BCUT2D eigenvalue weighted by atomic mass is 10.1. The summed E-state index contributed by atoms with van der Waals surface area (Å²) in [7, 11) is 0. The molecule has 0 saturated heterocycles. The average Bonchev–Trinajstić information content (AvgIpc) is 3.35. The highest BCUT2D eigenvalue weighted by Gasteiger charge is 2.14. The zero-order valence-electron chi connectivity index (χ0n) is 14.6. The third-order valence-electron chi connectivity index (χ3n) is 4.04. The summed E-state index contributed by atoms with van der Waals surface area (Å²) in [5, 5.41) is 14.5. The number of carbonyl (C=O) groups is 1. The SMILES string of the molecule is O=C(/C=C/c1ccc(Cn2ccc([N+](=O)[O-])n2)o1)c1ccc2c(c1)OCCO2. The van der Waals surface area contributed by atoms with E-state index >= 15 is 0 Å². The number of furan rings is 1. The van der Waals surface area contributed by atoms with Crippen LogP contribution in [0.4, 0.5) is 5.82 Å². The van der Waals surface area contributed by atoms with E-state index in [0.717, 1.165) is 0 Å². The number of carbonyl (C=O) groups excluding carboxylic acids is 1. The molecule has 1 aliphatic heterocycles. The third-order valence-corrected chi connectivity index (χ3v) is 4.04. The van der Waals surface area contributed by atoms with Crippen LogP contribution >= 0.6 is 0 Å². The Kier molecular flexibility index (Phi) is 4.63. The highest BCUT2D eigenvalue weighted by Crippen LogP contribution is 2.31. The van der Waals surface area contributed by atoms with Crippen LogP contribution in [0.5, 0.6) is 11.5 Å². The van der Waals surface area contributed by atoms with Gasteiger partial charge in [-0.2, -0.15) is 4.68 Å². The number of benzene rings is 1. The minimum Gasteiger partial charge on any atom is -0.486 e. The molecule has 0 spiro atoms. The largest absolute Gasteiger partial charge is 0.486 e. The lowest BCUT2D eigenvalue weighted by molar-refractivity contribution is -0.389. The van der Waals surface area contributed by atoms with Gasteiger partial charge in [-0.1, -0.05) is 0 Å². The quantitative estimate of drug-likeness (QED) is 0.279. The summed E-state index contributed by atoms with van der Waals surface area (Å²) in [5.41, 5.74) is 0.483. The Balaban J connectivity index is 1.42. The summed E-state index contributed by atoms with van der Waals surface area (Å²) in [6, 6.07) is 9.79. The second-order valence-corrected chi connectivity index (χ2v) is 5.99. The maximum Gasteiger partial charge on any atom is 0.389 e. The minimum atomic E-state index is -0.559. The van der Waals surface area contributed by atoms with Crippen LogP contribution in [0.3, 0.4) is 0 Å². The van der Waals surface area contributed by atoms with Crippen molar-refractivity contribution in [2.45, 2.75) is 6.54 Å². The van der Waals surface area contributed by atoms with Gasteiger partial charge in [-0.25, -0.2) is 0 Å². The Hall–Kier alpha value is -3.88. The molecular formula is C19H15N3O6. The van der Waals surface area contributed by atoms with Gasteiger partial charge >= 0.3 is 5.82 Å². The van der Waals surface area contributed by atoms with Gasteiger partial charge in [-0.3, -0.25) is 4.79 Å². The van der Waals surface area contributed by atoms with E-state index in [1.54, 1.807) is 36.4 Å². The van der Waals surface area contributed by atoms with Crippen LogP contribution in [0.1, 0.15) is 21.9 Å². The fourth-order valence-corrected chi connectivity index (χ4v) is 2.72. The summed E-state index contributed by atoms with van der Waals surface area (Å²) in [6.45, 7) is 1.19. The van der Waals surface area contributed by atoms with E-state index in [9.17, 15) is 14.9 Å². The maximum absolute atomic E-state index is 12.4. The van der Waals surface area contributed by atoms with Crippen molar-refractivity contribution in [1.82, 2.24) is 9.78 Å². The van der Waals surface area contributed by atoms with Crippen LogP contribution in [0.25, 0.3) is 6.08 Å². The fraction of sp³-hybridized carbons (Fsp3) is 0.158. The zero-order chi connectivity index (χ0) is 19.5. The van der Waals surface area contributed by atoms with Crippen molar-refractivity contribution >= 4 is 17.7 Å². The molecule has 0 aliphatic carbocycles. The fourth-order valence-electron chi connectivity index (χ4n) is 2.72. The number of hydrogen-bond acceptors (Lipinski definition) is 7. The normalized spacial score (nSPS) is 13.0. The van der Waals surface area contributed by atoms with E-state index < -0.39 is 4.92 Å². The first-order valence-corrected chi connectivity index (χ1v) is 8.47. The van der Waals surface area contributed by atoms with E-state index in [1.165, 1.54) is 23.0 Å². The molecule has 1 aliphatic rings. The first kappa shape index (κ1) is 17.5. The van der Waals surface area contributed by atoms with Crippen molar-refractivity contribution in [3.05, 3.63) is 75.9 Å². The molecule has 4 rings (SSSR count). The standard InChI is InChI=1S/C19H15N3O6/c23-16(13-1-6-17-18(11-13)27-10-9-26-17)5-4-14-2-3-15(28-14)12-21-8-7-19(20-21)22(24)25/h1-8,11H,9-10,12H2/b5-4+. The summed E-state index contributed by atoms with van der Waals surface area (Å²) < 4.78 is 18.0. The van der Waals surface area contributed by atoms with Crippen molar-refractivity contribution in [3.8, 4) is 11.5 Å². The Morgan fingerprint density at radius 2 is 2.00 bits per heavy atom. The van der Waals surface area contributed by atoms with E-state index in [0.29, 0.717) is 41.8 Å². The number of nitrogens with zero attached hydrogens (tertiary/aromatic N) is 3. The predicted octanol–water partition coefficient (Wildman–Crippen LogP) is 3.10. The van der Waals surface area contributed by atoms with Crippen molar-refractivity contribution in [2.24, 2.45) is 0 Å². The van der Waals surface area contributed by atoms with Gasteiger partial charge in [0.05, 0.1) is 17.4 Å². The van der Waals surface area contributed by atoms with Crippen molar-refractivity contribution < 1.29 is 23.6 Å². The highest BCUT2D eigenvalue weighted by atomic mass is 16.6. The molecule has 3 heterocycles. The molecule has 0 saturated carbocycles. The molecule has 9 heteroatoms. The van der Waals surface area contributed by atoms with Crippen LogP contribution in [-0.4, -0.2) is 33.7 Å². The molecule has 3 aromatic rings. The van der Waals surface area contributed by atoms with Gasteiger partial charge in [0.1, 0.15) is 31.3 Å². The number of rotatable bonds is 6. The van der Waals surface area contributed by atoms with Crippen LogP contribution in [0, 0.1) is 10.1 Å². The second-order valence-electron chi connectivity index (χ2n) is 5.99. The molecule has 142 valence electrons. The molecule has 28 heavy (non-hydrogen) atoms. The Morgan fingerprint density at radius 3 is 2.79 bits per heavy atom. The smallest absolute Gasteiger partial charge is 0.389 e. The van der Waals surface area contributed by atoms with Crippen LogP contribution < -0.4 is 9.47 Å². The monoisotopic (exact) mass is 381 g/mol. The third kappa shape index (κ3) is 3.78. The first-order chi connectivity index (χ1) is 13.6. The molecule has 0 amide bonds. The topological polar surface area (TPSA) is 110 Å². The van der Waals surface area contributed by atoms with Crippen molar-refractivity contribution in [2.75, 3.05) is 13.2 Å². The first-order valence-electron chi connectivity index (χ1n) is 8.47. The molecule has 0 fully saturated rings. The molecule has 0 atom stereocenters. The number of fused-ring (bicyclic) bond motifs is 1. The number of nitro groups is 1. The zero-order valence-corrected chi connectivity index (χ0v) is 14.6. The number of ether oxygens (including phenoxy) is 2. The van der Waals surface area contributed by atoms with Crippen LogP contribution in [0.2, 0.25) is 0 Å². The molecule has 2 aromatic heterocycles. The number of aromatic nitrogens is 2. The van der Waals surface area contributed by atoms with Gasteiger partial charge in [-0.15, -0.1) is 0 Å². The van der Waals surface area contributed by atoms with Gasteiger partial charge in [0.15, 0.2) is 17.3 Å². The molecule has 0 unspecified atom stereocenters. The van der Waals surface area contributed by atoms with Crippen molar-refractivity contribution in [3.63, 3.8) is 0 Å². The van der Waals surface area contributed by atoms with Gasteiger partial charge < -0.3 is 24.0 Å². The number of allylic oxidation sites excluding steroid dienone is 1. The average molecular weight is 381 g/mol. The Bertz CT molecular complexity index is 1070. The van der Waals surface area contributed by atoms with Gasteiger partial charge in [-0.05, 0) is 47.4 Å². The van der Waals surface area contributed by atoms with Crippen molar-refractivity contribution in [1.29, 1.82) is 0 Å². The molecule has 1 aromatic carbocycles. The van der Waals surface area contributed by atoms with Gasteiger partial charge in [0.25, 0.3) is 0 Å². The predicted molar refractivity (Wildman–Crippen MR) is 97.5 cm³/mol. The maximum atomic E-state index is 12.4. The summed E-state index contributed by atoms with van der Waals surface area (Å²) in [6.07, 6.45) is 4.47.